The number of hydrogen-bond donors (Lipinski definition) is 2. The Morgan fingerprint density at radius 1 is 1.40 bits per heavy atom. The van der Waals surface area contributed by atoms with Gasteiger partial charge in [0.15, 0.2) is 0 Å². The number of rotatable bonds is 4. The topological polar surface area (TPSA) is 68.2 Å². The van der Waals surface area contributed by atoms with Crippen LogP contribution < -0.4 is 10.6 Å². The van der Waals surface area contributed by atoms with E-state index >= 15 is 0 Å². The molecule has 0 aromatic heterocycles. The van der Waals surface area contributed by atoms with Gasteiger partial charge in [-0.3, -0.25) is 9.69 Å². The van der Waals surface area contributed by atoms with Gasteiger partial charge in [-0.25, -0.2) is 4.39 Å². The van der Waals surface area contributed by atoms with Crippen molar-refractivity contribution < 1.29 is 9.18 Å². The van der Waals surface area contributed by atoms with Gasteiger partial charge < -0.3 is 10.6 Å². The van der Waals surface area contributed by atoms with Gasteiger partial charge in [0, 0.05) is 18.8 Å². The van der Waals surface area contributed by atoms with Crippen LogP contribution in [0, 0.1) is 17.1 Å². The van der Waals surface area contributed by atoms with E-state index in [0.717, 1.165) is 13.0 Å². The van der Waals surface area contributed by atoms with Gasteiger partial charge in [-0.2, -0.15) is 5.26 Å². The third kappa shape index (κ3) is 4.34. The molecule has 1 unspecified atom stereocenters. The predicted molar refractivity (Wildman–Crippen MR) is 93.9 cm³/mol. The molecule has 0 saturated heterocycles. The molecule has 25 heavy (non-hydrogen) atoms. The number of dihydropyridines is 1. The number of halogens is 1. The number of allylic oxidation sites excluding steroid dienone is 2. The van der Waals surface area contributed by atoms with Crippen molar-refractivity contribution in [1.29, 1.82) is 5.26 Å². The van der Waals surface area contributed by atoms with Gasteiger partial charge in [0.05, 0.1) is 24.2 Å². The summed E-state index contributed by atoms with van der Waals surface area (Å²) >= 11 is 0. The summed E-state index contributed by atoms with van der Waals surface area (Å²) in [5, 5.41) is 15.2. The Hall–Kier alpha value is -2.91. The lowest BCUT2D eigenvalue weighted by Crippen LogP contribution is -2.39. The standard InChI is InChI=1S/C19H19FN4O/c20-16-3-5-17(6-4-16)23-18(25)13-24-10-7-14(8-11-24)19-15(12-21)2-1-9-22-19/h1-7,9,19,22H,8,10-11,13H2,(H,23,25). The lowest BCUT2D eigenvalue weighted by atomic mass is 9.93. The first-order chi connectivity index (χ1) is 12.2. The summed E-state index contributed by atoms with van der Waals surface area (Å²) < 4.78 is 12.9. The monoisotopic (exact) mass is 338 g/mol. The van der Waals surface area contributed by atoms with E-state index in [1.807, 2.05) is 23.3 Å². The van der Waals surface area contributed by atoms with E-state index < -0.39 is 0 Å². The van der Waals surface area contributed by atoms with Gasteiger partial charge in [0.2, 0.25) is 5.91 Å². The molecular formula is C19H19FN4O. The van der Waals surface area contributed by atoms with Crippen LogP contribution >= 0.6 is 0 Å². The molecule has 2 N–H and O–H groups in total. The van der Waals surface area contributed by atoms with Crippen LogP contribution in [0.15, 0.2) is 59.8 Å². The molecule has 128 valence electrons. The lowest BCUT2D eigenvalue weighted by molar-refractivity contribution is -0.117. The molecule has 0 radical (unpaired) electrons. The van der Waals surface area contributed by atoms with Gasteiger partial charge >= 0.3 is 0 Å². The fourth-order valence-electron chi connectivity index (χ4n) is 2.97. The highest BCUT2D eigenvalue weighted by atomic mass is 19.1. The molecule has 0 bridgehead atoms. The average molecular weight is 338 g/mol. The van der Waals surface area contributed by atoms with Crippen molar-refractivity contribution in [2.75, 3.05) is 25.0 Å². The van der Waals surface area contributed by atoms with Crippen LogP contribution in [0.5, 0.6) is 0 Å². The molecule has 5 nitrogen and oxygen atoms in total. The maximum absolute atomic E-state index is 12.9. The third-order valence-corrected chi connectivity index (χ3v) is 4.27. The summed E-state index contributed by atoms with van der Waals surface area (Å²) in [6.07, 6.45) is 8.37. The van der Waals surface area contributed by atoms with Crippen molar-refractivity contribution in [2.24, 2.45) is 0 Å². The zero-order valence-corrected chi connectivity index (χ0v) is 13.7. The number of nitriles is 1. The fraction of sp³-hybridized carbons (Fsp3) is 0.263. The van der Waals surface area contributed by atoms with Crippen molar-refractivity contribution in [3.05, 3.63) is 65.7 Å². The minimum Gasteiger partial charge on any atom is -0.380 e. The van der Waals surface area contributed by atoms with Crippen LogP contribution in [-0.2, 0) is 4.79 Å². The Kier molecular flexibility index (Phi) is 5.26. The molecule has 1 atom stereocenters. The van der Waals surface area contributed by atoms with E-state index in [-0.39, 0.29) is 24.3 Å². The fourth-order valence-corrected chi connectivity index (χ4v) is 2.97. The zero-order chi connectivity index (χ0) is 17.6. The van der Waals surface area contributed by atoms with E-state index in [1.54, 1.807) is 12.1 Å². The number of hydrogen-bond acceptors (Lipinski definition) is 4. The Balaban J connectivity index is 1.53. The van der Waals surface area contributed by atoms with Crippen LogP contribution in [0.2, 0.25) is 0 Å². The molecule has 1 aromatic carbocycles. The molecule has 2 aliphatic rings. The van der Waals surface area contributed by atoms with Gasteiger partial charge in [-0.05, 0) is 54.6 Å². The van der Waals surface area contributed by atoms with E-state index in [1.165, 1.54) is 17.7 Å². The second-order valence-electron chi connectivity index (χ2n) is 6.01. The first-order valence-electron chi connectivity index (χ1n) is 8.15. The Morgan fingerprint density at radius 3 is 2.88 bits per heavy atom. The third-order valence-electron chi connectivity index (χ3n) is 4.27. The number of anilines is 1. The van der Waals surface area contributed by atoms with Gasteiger partial charge in [-0.15, -0.1) is 0 Å². The van der Waals surface area contributed by atoms with Gasteiger partial charge in [0.1, 0.15) is 5.82 Å². The predicted octanol–water partition coefficient (Wildman–Crippen LogP) is 2.33. The molecule has 0 aliphatic carbocycles. The van der Waals surface area contributed by atoms with Gasteiger partial charge in [-0.1, -0.05) is 6.08 Å². The molecule has 6 heteroatoms. The molecule has 0 fully saturated rings. The van der Waals surface area contributed by atoms with Crippen molar-refractivity contribution in [1.82, 2.24) is 10.2 Å². The lowest BCUT2D eigenvalue weighted by Gasteiger charge is -2.30. The number of nitrogens with one attached hydrogen (secondary N) is 2. The second kappa shape index (κ2) is 7.77. The normalized spacial score (nSPS) is 20.1. The maximum Gasteiger partial charge on any atom is 0.238 e. The van der Waals surface area contributed by atoms with E-state index in [9.17, 15) is 14.4 Å². The minimum atomic E-state index is -0.330. The largest absolute Gasteiger partial charge is 0.380 e. The zero-order valence-electron chi connectivity index (χ0n) is 13.7. The van der Waals surface area contributed by atoms with E-state index in [2.05, 4.69) is 22.8 Å². The van der Waals surface area contributed by atoms with Crippen molar-refractivity contribution in [3.8, 4) is 6.07 Å². The first kappa shape index (κ1) is 16.9. The molecule has 3 rings (SSSR count). The molecule has 2 heterocycles. The van der Waals surface area contributed by atoms with E-state index in [0.29, 0.717) is 17.8 Å². The summed E-state index contributed by atoms with van der Waals surface area (Å²) in [5.74, 6) is -0.455. The summed E-state index contributed by atoms with van der Waals surface area (Å²) in [6, 6.07) is 7.88. The van der Waals surface area contributed by atoms with Crippen molar-refractivity contribution in [3.63, 3.8) is 0 Å². The second-order valence-corrected chi connectivity index (χ2v) is 6.01. The molecular weight excluding hydrogens is 319 g/mol. The highest BCUT2D eigenvalue weighted by Gasteiger charge is 2.23. The number of benzene rings is 1. The minimum absolute atomic E-state index is 0.0646. The highest BCUT2D eigenvalue weighted by molar-refractivity contribution is 5.92. The summed E-state index contributed by atoms with van der Waals surface area (Å²) in [5.41, 5.74) is 2.46. The average Bonchev–Trinajstić information content (AvgIpc) is 2.64. The Bertz CT molecular complexity index is 774. The first-order valence-corrected chi connectivity index (χ1v) is 8.15. The van der Waals surface area contributed by atoms with Crippen molar-refractivity contribution >= 4 is 11.6 Å². The van der Waals surface area contributed by atoms with Crippen molar-refractivity contribution in [2.45, 2.75) is 12.5 Å². The smallest absolute Gasteiger partial charge is 0.238 e. The molecule has 0 spiro atoms. The number of amides is 1. The highest BCUT2D eigenvalue weighted by Crippen LogP contribution is 2.21. The number of carbonyl (C=O) groups is 1. The van der Waals surface area contributed by atoms with Crippen LogP contribution in [0.25, 0.3) is 0 Å². The van der Waals surface area contributed by atoms with Crippen LogP contribution in [0.1, 0.15) is 6.42 Å². The molecule has 1 aromatic rings. The summed E-state index contributed by atoms with van der Waals surface area (Å²) in [6.45, 7) is 1.69. The van der Waals surface area contributed by atoms with E-state index in [4.69, 9.17) is 0 Å². The molecule has 0 saturated carbocycles. The van der Waals surface area contributed by atoms with Crippen LogP contribution in [0.4, 0.5) is 10.1 Å². The SMILES string of the molecule is N#CC1=CC=CNC1C1=CCN(CC(=O)Nc2ccc(F)cc2)CC1. The van der Waals surface area contributed by atoms with Crippen LogP contribution in [-0.4, -0.2) is 36.5 Å². The number of carbonyl (C=O) groups excluding carboxylic acids is 1. The Labute approximate surface area is 146 Å². The van der Waals surface area contributed by atoms with Gasteiger partial charge in [0.25, 0.3) is 0 Å². The summed E-state index contributed by atoms with van der Waals surface area (Å²) in [4.78, 5) is 14.1. The number of nitrogens with zero attached hydrogens (tertiary/aromatic N) is 2. The quantitative estimate of drug-likeness (QED) is 0.827. The molecule has 2 aliphatic heterocycles. The van der Waals surface area contributed by atoms with Crippen LogP contribution in [0.3, 0.4) is 0 Å². The maximum atomic E-state index is 12.9. The summed E-state index contributed by atoms with van der Waals surface area (Å²) in [7, 11) is 0. The molecule has 1 amide bonds. The Morgan fingerprint density at radius 2 is 2.20 bits per heavy atom.